The third kappa shape index (κ3) is 8.81. The van der Waals surface area contributed by atoms with Crippen LogP contribution in [0.3, 0.4) is 0 Å². The van der Waals surface area contributed by atoms with Crippen molar-refractivity contribution < 1.29 is 27.6 Å². The minimum absolute atomic E-state index is 0.0327. The molecule has 0 aliphatic rings. The van der Waals surface area contributed by atoms with Gasteiger partial charge in [0, 0.05) is 6.54 Å². The van der Waals surface area contributed by atoms with Crippen molar-refractivity contribution in [1.29, 1.82) is 0 Å². The second-order valence-electron chi connectivity index (χ2n) is 8.58. The first-order valence-electron chi connectivity index (χ1n) is 11.6. The van der Waals surface area contributed by atoms with Crippen molar-refractivity contribution in [3.05, 3.63) is 66.2 Å². The van der Waals surface area contributed by atoms with Gasteiger partial charge in [0.1, 0.15) is 6.04 Å². The van der Waals surface area contributed by atoms with Crippen LogP contribution in [0.2, 0.25) is 0 Å². The zero-order chi connectivity index (χ0) is 26.7. The van der Waals surface area contributed by atoms with Crippen LogP contribution in [0.4, 0.5) is 4.79 Å². The van der Waals surface area contributed by atoms with Gasteiger partial charge in [-0.15, -0.1) is 0 Å². The number of carbonyl (C=O) groups is 4. The normalized spacial score (nSPS) is 12.8. The van der Waals surface area contributed by atoms with Gasteiger partial charge in [-0.2, -0.15) is 0 Å². The molecular formula is C25H32N4O6S. The third-order valence-electron chi connectivity index (χ3n) is 5.17. The summed E-state index contributed by atoms with van der Waals surface area (Å²) in [6.07, 6.45) is 0.321. The van der Waals surface area contributed by atoms with Crippen LogP contribution in [0.5, 0.6) is 0 Å². The molecule has 1 unspecified atom stereocenters. The maximum Gasteiger partial charge on any atom is 0.315 e. The van der Waals surface area contributed by atoms with E-state index in [0.29, 0.717) is 0 Å². The number of sulfonamides is 1. The van der Waals surface area contributed by atoms with E-state index in [1.165, 1.54) is 24.3 Å². The Morgan fingerprint density at radius 1 is 0.833 bits per heavy atom. The SMILES string of the molecule is CCC(NC(=O)[C@H](CC(C)C)NC(=O)NCc1ccccc1)C(=O)C(=O)NS(=O)(=O)c1ccccc1. The Labute approximate surface area is 211 Å². The highest BCUT2D eigenvalue weighted by Gasteiger charge is 2.31. The van der Waals surface area contributed by atoms with Gasteiger partial charge in [0.05, 0.1) is 10.9 Å². The van der Waals surface area contributed by atoms with E-state index in [4.69, 9.17) is 0 Å². The lowest BCUT2D eigenvalue weighted by molar-refractivity contribution is -0.139. The molecule has 0 aliphatic heterocycles. The van der Waals surface area contributed by atoms with Crippen LogP contribution in [-0.4, -0.2) is 44.1 Å². The molecule has 10 nitrogen and oxygen atoms in total. The van der Waals surface area contributed by atoms with Crippen molar-refractivity contribution in [2.24, 2.45) is 5.92 Å². The summed E-state index contributed by atoms with van der Waals surface area (Å²) in [5.74, 6) is -3.09. The molecule has 0 fully saturated rings. The van der Waals surface area contributed by atoms with Gasteiger partial charge in [0.25, 0.3) is 10.0 Å². The first-order chi connectivity index (χ1) is 17.0. The summed E-state index contributed by atoms with van der Waals surface area (Å²) < 4.78 is 26.5. The molecule has 2 atom stereocenters. The second kappa shape index (κ2) is 13.4. The molecule has 0 spiro atoms. The van der Waals surface area contributed by atoms with E-state index in [1.54, 1.807) is 17.7 Å². The van der Waals surface area contributed by atoms with E-state index >= 15 is 0 Å². The monoisotopic (exact) mass is 516 g/mol. The Balaban J connectivity index is 2.02. The lowest BCUT2D eigenvalue weighted by Gasteiger charge is -2.23. The zero-order valence-corrected chi connectivity index (χ0v) is 21.3. The highest BCUT2D eigenvalue weighted by Crippen LogP contribution is 2.09. The summed E-state index contributed by atoms with van der Waals surface area (Å²) in [5, 5.41) is 7.76. The van der Waals surface area contributed by atoms with Crippen LogP contribution in [0.1, 0.15) is 39.2 Å². The third-order valence-corrected chi connectivity index (χ3v) is 6.52. The Bertz CT molecular complexity index is 1150. The number of carbonyl (C=O) groups excluding carboxylic acids is 4. The van der Waals surface area contributed by atoms with E-state index < -0.39 is 45.7 Å². The first kappa shape index (κ1) is 28.5. The number of Topliss-reactive ketones (excluding diaryl/α,β-unsaturated/α-hetero) is 1. The number of hydrogen-bond acceptors (Lipinski definition) is 6. The molecule has 2 aromatic carbocycles. The topological polar surface area (TPSA) is 151 Å². The van der Waals surface area contributed by atoms with Gasteiger partial charge in [-0.3, -0.25) is 14.4 Å². The van der Waals surface area contributed by atoms with Crippen molar-refractivity contribution in [1.82, 2.24) is 20.7 Å². The van der Waals surface area contributed by atoms with Crippen molar-refractivity contribution in [2.45, 2.75) is 57.1 Å². The number of rotatable bonds is 12. The molecule has 2 rings (SSSR count). The van der Waals surface area contributed by atoms with Crippen LogP contribution in [0.15, 0.2) is 65.6 Å². The van der Waals surface area contributed by atoms with Crippen LogP contribution >= 0.6 is 0 Å². The van der Waals surface area contributed by atoms with E-state index in [1.807, 2.05) is 44.2 Å². The van der Waals surface area contributed by atoms with Crippen LogP contribution in [-0.2, 0) is 31.0 Å². The molecular weight excluding hydrogens is 484 g/mol. The summed E-state index contributed by atoms with van der Waals surface area (Å²) >= 11 is 0. The molecule has 0 aromatic heterocycles. The molecule has 11 heteroatoms. The Kier molecular flexibility index (Phi) is 10.6. The summed E-state index contributed by atoms with van der Waals surface area (Å²) in [6, 6.07) is 13.6. The fourth-order valence-electron chi connectivity index (χ4n) is 3.30. The molecule has 194 valence electrons. The molecule has 0 radical (unpaired) electrons. The number of ketones is 1. The molecule has 0 bridgehead atoms. The van der Waals surface area contributed by atoms with Crippen molar-refractivity contribution in [2.75, 3.05) is 0 Å². The van der Waals surface area contributed by atoms with E-state index in [2.05, 4.69) is 16.0 Å². The maximum atomic E-state index is 12.9. The number of urea groups is 1. The predicted octanol–water partition coefficient (Wildman–Crippen LogP) is 1.87. The van der Waals surface area contributed by atoms with Crippen LogP contribution in [0.25, 0.3) is 0 Å². The van der Waals surface area contributed by atoms with E-state index in [9.17, 15) is 27.6 Å². The quantitative estimate of drug-likeness (QED) is 0.316. The highest BCUT2D eigenvalue weighted by atomic mass is 32.2. The lowest BCUT2D eigenvalue weighted by Crippen LogP contribution is -2.55. The molecule has 2 aromatic rings. The van der Waals surface area contributed by atoms with Gasteiger partial charge < -0.3 is 16.0 Å². The Hall–Kier alpha value is -3.73. The minimum Gasteiger partial charge on any atom is -0.344 e. The minimum atomic E-state index is -4.25. The number of nitrogens with one attached hydrogen (secondary N) is 4. The summed E-state index contributed by atoms with van der Waals surface area (Å²) in [6.45, 7) is 5.57. The van der Waals surface area contributed by atoms with Gasteiger partial charge in [-0.05, 0) is 36.5 Å². The maximum absolute atomic E-state index is 12.9. The van der Waals surface area contributed by atoms with Crippen molar-refractivity contribution >= 4 is 33.7 Å². The fraction of sp³-hybridized carbons (Fsp3) is 0.360. The largest absolute Gasteiger partial charge is 0.344 e. The number of hydrogen-bond donors (Lipinski definition) is 4. The summed E-state index contributed by atoms with van der Waals surface area (Å²) in [4.78, 5) is 50.2. The van der Waals surface area contributed by atoms with Crippen molar-refractivity contribution in [3.8, 4) is 0 Å². The highest BCUT2D eigenvalue weighted by molar-refractivity contribution is 7.90. The molecule has 0 aliphatic carbocycles. The molecule has 36 heavy (non-hydrogen) atoms. The number of benzene rings is 2. The van der Waals surface area contributed by atoms with E-state index in [-0.39, 0.29) is 30.2 Å². The average Bonchev–Trinajstić information content (AvgIpc) is 2.85. The predicted molar refractivity (Wildman–Crippen MR) is 134 cm³/mol. The second-order valence-corrected chi connectivity index (χ2v) is 10.3. The molecule has 0 heterocycles. The molecule has 4 amide bonds. The van der Waals surface area contributed by atoms with Gasteiger partial charge in [-0.25, -0.2) is 17.9 Å². The standard InChI is InChI=1S/C25H32N4O6S/c1-4-20(22(30)24(32)29-36(34,35)19-13-9-6-10-14-19)27-23(31)21(15-17(2)3)28-25(33)26-16-18-11-7-5-8-12-18/h5-14,17,20-21H,4,15-16H2,1-3H3,(H,27,31)(H,29,32)(H2,26,28,33)/t20?,21-/m0/s1. The van der Waals surface area contributed by atoms with E-state index in [0.717, 1.165) is 5.56 Å². The van der Waals surface area contributed by atoms with Crippen LogP contribution in [0, 0.1) is 5.92 Å². The Morgan fingerprint density at radius 3 is 1.97 bits per heavy atom. The summed E-state index contributed by atoms with van der Waals surface area (Å²) in [5.41, 5.74) is 0.880. The summed E-state index contributed by atoms with van der Waals surface area (Å²) in [7, 11) is -4.25. The first-order valence-corrected chi connectivity index (χ1v) is 13.1. The lowest BCUT2D eigenvalue weighted by atomic mass is 10.0. The van der Waals surface area contributed by atoms with Crippen LogP contribution < -0.4 is 20.7 Å². The zero-order valence-electron chi connectivity index (χ0n) is 20.5. The molecule has 4 N–H and O–H groups in total. The molecule has 0 saturated carbocycles. The fourth-order valence-corrected chi connectivity index (χ4v) is 4.28. The van der Waals surface area contributed by atoms with Crippen molar-refractivity contribution in [3.63, 3.8) is 0 Å². The average molecular weight is 517 g/mol. The Morgan fingerprint density at radius 2 is 1.42 bits per heavy atom. The number of amides is 4. The van der Waals surface area contributed by atoms with Gasteiger partial charge in [-0.1, -0.05) is 69.3 Å². The smallest absolute Gasteiger partial charge is 0.315 e. The molecule has 0 saturated heterocycles. The van der Waals surface area contributed by atoms with Gasteiger partial charge >= 0.3 is 11.9 Å². The van der Waals surface area contributed by atoms with Gasteiger partial charge in [0.2, 0.25) is 11.7 Å². The van der Waals surface area contributed by atoms with Gasteiger partial charge in [0.15, 0.2) is 0 Å².